The first kappa shape index (κ1) is 22.1. The lowest BCUT2D eigenvalue weighted by atomic mass is 9.90. The normalized spacial score (nSPS) is 15.1. The van der Waals surface area contributed by atoms with E-state index in [2.05, 4.69) is 4.98 Å². The molecule has 34 heavy (non-hydrogen) atoms. The Morgan fingerprint density at radius 2 is 1.79 bits per heavy atom. The number of carbonyl (C=O) groups is 2. The molecule has 1 atom stereocenters. The molecule has 1 amide bonds. The van der Waals surface area contributed by atoms with E-state index in [4.69, 9.17) is 28.9 Å². The molecule has 1 N–H and O–H groups in total. The Balaban J connectivity index is 1.57. The lowest BCUT2D eigenvalue weighted by Gasteiger charge is -2.35. The molecule has 0 fully saturated rings. The summed E-state index contributed by atoms with van der Waals surface area (Å²) in [5.41, 5.74) is 4.90. The number of fused-ring (bicyclic) bond motifs is 3. The van der Waals surface area contributed by atoms with Crippen LogP contribution < -0.4 is 10.2 Å². The first-order chi connectivity index (χ1) is 16.4. The smallest absolute Gasteiger partial charge is 0.416 e. The third-order valence-corrected chi connectivity index (χ3v) is 6.30. The fourth-order valence-electron chi connectivity index (χ4n) is 4.43. The molecule has 168 valence electrons. The number of esters is 1. The van der Waals surface area contributed by atoms with Crippen molar-refractivity contribution in [3.8, 4) is 5.75 Å². The molecule has 0 saturated carbocycles. The monoisotopic (exact) mass is 470 g/mol. The number of carbonyl (C=O) groups excluding carboxylic acids is 2. The van der Waals surface area contributed by atoms with Crippen LogP contribution in [0, 0.1) is 0 Å². The zero-order chi connectivity index (χ0) is 23.8. The van der Waals surface area contributed by atoms with E-state index in [1.807, 2.05) is 30.3 Å². The summed E-state index contributed by atoms with van der Waals surface area (Å²) in [4.78, 5) is 30.4. The average Bonchev–Trinajstić information content (AvgIpc) is 3.22. The number of rotatable bonds is 3. The zero-order valence-corrected chi connectivity index (χ0v) is 19.1. The fourth-order valence-corrected chi connectivity index (χ4v) is 4.56. The molecule has 0 saturated heterocycles. The van der Waals surface area contributed by atoms with Gasteiger partial charge >= 0.3 is 12.1 Å². The van der Waals surface area contributed by atoms with Gasteiger partial charge in [0.05, 0.1) is 12.7 Å². The summed E-state index contributed by atoms with van der Waals surface area (Å²) in [5, 5.41) is 1.60. The van der Waals surface area contributed by atoms with Gasteiger partial charge in [-0.25, -0.2) is 9.59 Å². The van der Waals surface area contributed by atoms with E-state index in [1.54, 1.807) is 41.3 Å². The lowest BCUT2D eigenvalue weighted by molar-refractivity contribution is 0.0600. The van der Waals surface area contributed by atoms with Crippen LogP contribution in [0.4, 0.5) is 4.79 Å². The van der Waals surface area contributed by atoms with Gasteiger partial charge in [0.25, 0.3) is 0 Å². The summed E-state index contributed by atoms with van der Waals surface area (Å²) in [6.45, 7) is 0.449. The minimum Gasteiger partial charge on any atom is -0.465 e. The summed E-state index contributed by atoms with van der Waals surface area (Å²) < 4.78 is 10.5. The molecule has 1 aliphatic rings. The molecule has 8 heteroatoms. The summed E-state index contributed by atoms with van der Waals surface area (Å²) in [5.74, 6) is -0.0135. The molecule has 4 aromatic rings. The van der Waals surface area contributed by atoms with Crippen LogP contribution in [0.3, 0.4) is 0 Å². The number of hydrogen-bond donors (Lipinski definition) is 1. The van der Waals surface area contributed by atoms with Gasteiger partial charge in [0.1, 0.15) is 19.6 Å². The summed E-state index contributed by atoms with van der Waals surface area (Å²) in [6.07, 6.45) is 0.166. The van der Waals surface area contributed by atoms with E-state index in [9.17, 15) is 9.59 Å². The van der Waals surface area contributed by atoms with E-state index in [-0.39, 0.29) is 0 Å². The molecule has 0 spiro atoms. The largest absolute Gasteiger partial charge is 0.465 e. The molecule has 1 aliphatic heterocycles. The molecule has 1 unspecified atom stereocenters. The molecular weight excluding hydrogens is 451 g/mol. The Morgan fingerprint density at radius 3 is 2.50 bits per heavy atom. The van der Waals surface area contributed by atoms with Gasteiger partial charge in [-0.15, -0.1) is 0 Å². The summed E-state index contributed by atoms with van der Waals surface area (Å²) in [7, 11) is 7.38. The van der Waals surface area contributed by atoms with Crippen molar-refractivity contribution in [1.82, 2.24) is 9.88 Å². The highest BCUT2D eigenvalue weighted by Gasteiger charge is 2.35. The van der Waals surface area contributed by atoms with Crippen LogP contribution in [0.2, 0.25) is 5.02 Å². The van der Waals surface area contributed by atoms with Crippen LogP contribution in [0.1, 0.15) is 33.2 Å². The molecule has 0 aliphatic carbocycles. The van der Waals surface area contributed by atoms with Crippen molar-refractivity contribution in [2.24, 2.45) is 0 Å². The predicted octanol–water partition coefficient (Wildman–Crippen LogP) is 4.55. The van der Waals surface area contributed by atoms with Crippen LogP contribution in [-0.2, 0) is 11.2 Å². The van der Waals surface area contributed by atoms with E-state index in [0.29, 0.717) is 34.8 Å². The Bertz CT molecular complexity index is 1380. The van der Waals surface area contributed by atoms with Crippen LogP contribution in [-0.4, -0.2) is 43.4 Å². The Morgan fingerprint density at radius 1 is 1.06 bits per heavy atom. The van der Waals surface area contributed by atoms with E-state index >= 15 is 0 Å². The van der Waals surface area contributed by atoms with Crippen molar-refractivity contribution < 1.29 is 19.1 Å². The first-order valence-electron chi connectivity index (χ1n) is 10.8. The van der Waals surface area contributed by atoms with Gasteiger partial charge in [0, 0.05) is 28.2 Å². The van der Waals surface area contributed by atoms with Crippen molar-refractivity contribution in [2.75, 3.05) is 13.7 Å². The minimum absolute atomic E-state index is 0.407. The molecule has 2 radical (unpaired) electrons. The van der Waals surface area contributed by atoms with Gasteiger partial charge in [-0.2, -0.15) is 0 Å². The van der Waals surface area contributed by atoms with Crippen molar-refractivity contribution in [3.05, 3.63) is 94.1 Å². The summed E-state index contributed by atoms with van der Waals surface area (Å²) in [6, 6.07) is 19.0. The summed E-state index contributed by atoms with van der Waals surface area (Å²) >= 11 is 5.95. The standard InChI is InChI=1S/C26H20BClN2O4/c1-33-25(31)16-4-2-15(3-5-16)24-23-20(21-14-17(27)6-11-22(21)29-23)12-13-30(24)26(32)34-19-9-7-18(28)8-10-19/h2-11,14,24,29H,12-13H2,1H3. The Hall–Kier alpha value is -3.71. The van der Waals surface area contributed by atoms with E-state index < -0.39 is 18.1 Å². The third kappa shape index (κ3) is 4.03. The highest BCUT2D eigenvalue weighted by atomic mass is 35.5. The predicted molar refractivity (Wildman–Crippen MR) is 131 cm³/mol. The maximum atomic E-state index is 13.3. The third-order valence-electron chi connectivity index (χ3n) is 6.05. The Labute approximate surface area is 202 Å². The number of benzene rings is 3. The number of aromatic amines is 1. The maximum Gasteiger partial charge on any atom is 0.416 e. The minimum atomic E-state index is -0.479. The highest BCUT2D eigenvalue weighted by Crippen LogP contribution is 2.38. The van der Waals surface area contributed by atoms with Crippen LogP contribution >= 0.6 is 11.6 Å². The number of nitrogens with one attached hydrogen (secondary N) is 1. The second kappa shape index (κ2) is 8.91. The number of halogens is 1. The number of nitrogens with zero attached hydrogens (tertiary/aromatic N) is 1. The lowest BCUT2D eigenvalue weighted by Crippen LogP contribution is -2.42. The quantitative estimate of drug-likeness (QED) is 0.352. The van der Waals surface area contributed by atoms with Crippen LogP contribution in [0.15, 0.2) is 66.7 Å². The first-order valence-corrected chi connectivity index (χ1v) is 11.1. The van der Waals surface area contributed by atoms with Gasteiger partial charge in [0.2, 0.25) is 0 Å². The van der Waals surface area contributed by atoms with Gasteiger partial charge in [-0.05, 0) is 60.0 Å². The number of H-pyrrole nitrogens is 1. The zero-order valence-electron chi connectivity index (χ0n) is 18.4. The number of hydrogen-bond acceptors (Lipinski definition) is 4. The van der Waals surface area contributed by atoms with Crippen LogP contribution in [0.25, 0.3) is 10.9 Å². The van der Waals surface area contributed by atoms with Crippen molar-refractivity contribution in [2.45, 2.75) is 12.5 Å². The molecule has 2 heterocycles. The van der Waals surface area contributed by atoms with Crippen molar-refractivity contribution >= 4 is 47.9 Å². The fraction of sp³-hybridized carbons (Fsp3) is 0.154. The van der Waals surface area contributed by atoms with E-state index in [1.165, 1.54) is 7.11 Å². The molecular formula is C26H20BClN2O4. The second-order valence-electron chi connectivity index (χ2n) is 8.10. The van der Waals surface area contributed by atoms with Gasteiger partial charge in [-0.1, -0.05) is 41.3 Å². The topological polar surface area (TPSA) is 71.6 Å². The number of amides is 1. The molecule has 0 bridgehead atoms. The molecule has 3 aromatic carbocycles. The van der Waals surface area contributed by atoms with Crippen LogP contribution in [0.5, 0.6) is 5.75 Å². The van der Waals surface area contributed by atoms with Gasteiger partial charge in [-0.3, -0.25) is 4.90 Å². The number of methoxy groups -OCH3 is 1. The number of aromatic nitrogens is 1. The SMILES string of the molecule is [B]c1ccc2[nH]c3c(c2c1)CCN(C(=O)Oc1ccc(Cl)cc1)C3c1ccc(C(=O)OC)cc1. The second-order valence-corrected chi connectivity index (χ2v) is 8.54. The maximum absolute atomic E-state index is 13.3. The van der Waals surface area contributed by atoms with E-state index in [0.717, 1.165) is 27.7 Å². The molecule has 6 nitrogen and oxygen atoms in total. The van der Waals surface area contributed by atoms with Crippen molar-refractivity contribution in [1.29, 1.82) is 0 Å². The number of ether oxygens (including phenoxy) is 2. The highest BCUT2D eigenvalue weighted by molar-refractivity contribution is 6.33. The van der Waals surface area contributed by atoms with Gasteiger partial charge in [0.15, 0.2) is 0 Å². The van der Waals surface area contributed by atoms with Crippen molar-refractivity contribution in [3.63, 3.8) is 0 Å². The Kier molecular flexibility index (Phi) is 5.80. The molecule has 5 rings (SSSR count). The van der Waals surface area contributed by atoms with Gasteiger partial charge < -0.3 is 14.5 Å². The molecule has 1 aromatic heterocycles. The average molecular weight is 471 g/mol.